The van der Waals surface area contributed by atoms with Gasteiger partial charge in [-0.2, -0.15) is 0 Å². The van der Waals surface area contributed by atoms with Gasteiger partial charge in [-0.15, -0.1) is 0 Å². The monoisotopic (exact) mass is 140 g/mol. The fourth-order valence-corrected chi connectivity index (χ4v) is 1.30. The zero-order chi connectivity index (χ0) is 8.31. The standard InChI is InChI=1S/C9H18N/c1-7(2)10(8(3)4)9(5)6/h7-9H,1,3,5H2,2,4,6H3. The highest BCUT2D eigenvalue weighted by atomic mass is 15.2. The number of rotatable bonds is 3. The fraction of sp³-hybridized carbons (Fsp3) is 0.667. The van der Waals surface area contributed by atoms with Crippen LogP contribution in [0.3, 0.4) is 0 Å². The summed E-state index contributed by atoms with van der Waals surface area (Å²) < 4.78 is 0. The highest BCUT2D eigenvalue weighted by Gasteiger charge is 2.15. The molecule has 0 N–H and O–H groups in total. The van der Waals surface area contributed by atoms with Gasteiger partial charge in [-0.1, -0.05) is 0 Å². The van der Waals surface area contributed by atoms with Crippen LogP contribution in [0.5, 0.6) is 0 Å². The summed E-state index contributed by atoms with van der Waals surface area (Å²) >= 11 is 0. The average molecular weight is 140 g/mol. The molecule has 0 aliphatic carbocycles. The Bertz CT molecular complexity index is 65.7. The molecule has 3 radical (unpaired) electrons. The van der Waals surface area contributed by atoms with Crippen molar-refractivity contribution in [3.8, 4) is 0 Å². The van der Waals surface area contributed by atoms with E-state index in [0.717, 1.165) is 0 Å². The van der Waals surface area contributed by atoms with E-state index >= 15 is 0 Å². The Balaban J connectivity index is 3.98. The van der Waals surface area contributed by atoms with E-state index in [1.165, 1.54) is 0 Å². The zero-order valence-electron chi connectivity index (χ0n) is 7.30. The Morgan fingerprint density at radius 1 is 0.800 bits per heavy atom. The predicted molar refractivity (Wildman–Crippen MR) is 46.3 cm³/mol. The number of hydrogen-bond acceptors (Lipinski definition) is 1. The Hall–Kier alpha value is -0.0400. The smallest absolute Gasteiger partial charge is 0.00731 e. The molecule has 59 valence electrons. The first kappa shape index (κ1) is 9.96. The van der Waals surface area contributed by atoms with Gasteiger partial charge in [-0.05, 0) is 41.5 Å². The van der Waals surface area contributed by atoms with E-state index in [4.69, 9.17) is 0 Å². The fourth-order valence-electron chi connectivity index (χ4n) is 1.30. The first-order valence-electron chi connectivity index (χ1n) is 3.73. The molecule has 1 nitrogen and oxygen atoms in total. The van der Waals surface area contributed by atoms with Crippen molar-refractivity contribution in [3.05, 3.63) is 20.8 Å². The first-order valence-corrected chi connectivity index (χ1v) is 3.73. The maximum absolute atomic E-state index is 3.93. The quantitative estimate of drug-likeness (QED) is 0.579. The Morgan fingerprint density at radius 3 is 1.00 bits per heavy atom. The molecule has 0 bridgehead atoms. The van der Waals surface area contributed by atoms with Crippen LogP contribution in [0.1, 0.15) is 20.8 Å². The molecular formula is C9H18N. The predicted octanol–water partition coefficient (Wildman–Crippen LogP) is 1.96. The molecule has 0 aliphatic rings. The van der Waals surface area contributed by atoms with Crippen LogP contribution in [0.4, 0.5) is 0 Å². The maximum atomic E-state index is 3.93. The summed E-state index contributed by atoms with van der Waals surface area (Å²) in [4.78, 5) is 2.17. The molecule has 0 rings (SSSR count). The minimum Gasteiger partial charge on any atom is -0.295 e. The minimum atomic E-state index is 0.292. The van der Waals surface area contributed by atoms with E-state index in [1.807, 2.05) is 0 Å². The third-order valence-electron chi connectivity index (χ3n) is 1.53. The van der Waals surface area contributed by atoms with Gasteiger partial charge in [0.1, 0.15) is 0 Å². The normalized spacial score (nSPS) is 12.6. The van der Waals surface area contributed by atoms with Crippen LogP contribution in [0, 0.1) is 20.8 Å². The number of nitrogens with zero attached hydrogens (tertiary/aromatic N) is 1. The summed E-state index contributed by atoms with van der Waals surface area (Å²) in [5.41, 5.74) is 0. The molecule has 0 saturated heterocycles. The van der Waals surface area contributed by atoms with Crippen molar-refractivity contribution in [2.45, 2.75) is 38.9 Å². The molecule has 1 heteroatoms. The van der Waals surface area contributed by atoms with Gasteiger partial charge in [0.05, 0.1) is 0 Å². The summed E-state index contributed by atoms with van der Waals surface area (Å²) in [6.45, 7) is 18.0. The number of hydrogen-bond donors (Lipinski definition) is 0. The minimum absolute atomic E-state index is 0.292. The van der Waals surface area contributed by atoms with Gasteiger partial charge < -0.3 is 0 Å². The first-order chi connectivity index (χ1) is 4.46. The second-order valence-corrected chi connectivity index (χ2v) is 2.99. The molecule has 10 heavy (non-hydrogen) atoms. The van der Waals surface area contributed by atoms with Crippen LogP contribution in [-0.4, -0.2) is 23.0 Å². The molecule has 0 fully saturated rings. The van der Waals surface area contributed by atoms with Gasteiger partial charge in [0.2, 0.25) is 0 Å². The van der Waals surface area contributed by atoms with Gasteiger partial charge in [-0.25, -0.2) is 0 Å². The van der Waals surface area contributed by atoms with Gasteiger partial charge in [0, 0.05) is 18.1 Å². The SMILES string of the molecule is [CH2]C(C)N(C([CH2])C)C([CH2])C. The molecule has 0 heterocycles. The van der Waals surface area contributed by atoms with Gasteiger partial charge in [-0.3, -0.25) is 4.90 Å². The van der Waals surface area contributed by atoms with Crippen LogP contribution in [0.2, 0.25) is 0 Å². The van der Waals surface area contributed by atoms with E-state index in [1.54, 1.807) is 0 Å². The third kappa shape index (κ3) is 2.70. The van der Waals surface area contributed by atoms with E-state index in [-0.39, 0.29) is 0 Å². The Labute approximate surface area is 65.4 Å². The van der Waals surface area contributed by atoms with E-state index < -0.39 is 0 Å². The second kappa shape index (κ2) is 3.97. The molecule has 0 aromatic heterocycles. The topological polar surface area (TPSA) is 3.24 Å². The van der Waals surface area contributed by atoms with Crippen LogP contribution in [0.15, 0.2) is 0 Å². The summed E-state index contributed by atoms with van der Waals surface area (Å²) in [6.07, 6.45) is 0. The summed E-state index contributed by atoms with van der Waals surface area (Å²) in [7, 11) is 0. The molecule has 0 aliphatic heterocycles. The largest absolute Gasteiger partial charge is 0.295 e. The van der Waals surface area contributed by atoms with Crippen LogP contribution < -0.4 is 0 Å². The molecular weight excluding hydrogens is 122 g/mol. The molecule has 0 amide bonds. The van der Waals surface area contributed by atoms with Crippen molar-refractivity contribution >= 4 is 0 Å². The summed E-state index contributed by atoms with van der Waals surface area (Å²) in [6, 6.07) is 0.875. The highest BCUT2D eigenvalue weighted by Crippen LogP contribution is 2.08. The third-order valence-corrected chi connectivity index (χ3v) is 1.53. The van der Waals surface area contributed by atoms with Crippen LogP contribution >= 0.6 is 0 Å². The Morgan fingerprint density at radius 2 is 1.00 bits per heavy atom. The lowest BCUT2D eigenvalue weighted by Gasteiger charge is -2.33. The Kier molecular flexibility index (Phi) is 3.95. The molecule has 0 saturated carbocycles. The maximum Gasteiger partial charge on any atom is 0.00731 e. The van der Waals surface area contributed by atoms with Crippen molar-refractivity contribution in [2.75, 3.05) is 0 Å². The van der Waals surface area contributed by atoms with Crippen LogP contribution in [0.25, 0.3) is 0 Å². The second-order valence-electron chi connectivity index (χ2n) is 2.99. The van der Waals surface area contributed by atoms with Crippen LogP contribution in [-0.2, 0) is 0 Å². The van der Waals surface area contributed by atoms with E-state index in [2.05, 4.69) is 46.4 Å². The van der Waals surface area contributed by atoms with Crippen molar-refractivity contribution in [1.29, 1.82) is 0 Å². The van der Waals surface area contributed by atoms with Crippen molar-refractivity contribution < 1.29 is 0 Å². The molecule has 0 aromatic carbocycles. The van der Waals surface area contributed by atoms with Gasteiger partial charge >= 0.3 is 0 Å². The lowest BCUT2D eigenvalue weighted by molar-refractivity contribution is 0.175. The zero-order valence-corrected chi connectivity index (χ0v) is 7.30. The van der Waals surface area contributed by atoms with Gasteiger partial charge in [0.25, 0.3) is 0 Å². The van der Waals surface area contributed by atoms with E-state index in [9.17, 15) is 0 Å². The van der Waals surface area contributed by atoms with E-state index in [0.29, 0.717) is 18.1 Å². The average Bonchev–Trinajstić information content (AvgIpc) is 1.59. The molecule has 0 spiro atoms. The summed E-state index contributed by atoms with van der Waals surface area (Å²) in [5.74, 6) is 0. The molecule has 0 aromatic rings. The van der Waals surface area contributed by atoms with Crippen molar-refractivity contribution in [2.24, 2.45) is 0 Å². The van der Waals surface area contributed by atoms with Crippen molar-refractivity contribution in [3.63, 3.8) is 0 Å². The summed E-state index contributed by atoms with van der Waals surface area (Å²) in [5, 5.41) is 0. The van der Waals surface area contributed by atoms with Gasteiger partial charge in [0.15, 0.2) is 0 Å². The lowest BCUT2D eigenvalue weighted by Crippen LogP contribution is -2.42. The molecule has 3 unspecified atom stereocenters. The highest BCUT2D eigenvalue weighted by molar-refractivity contribution is 4.82. The van der Waals surface area contributed by atoms with Crippen molar-refractivity contribution in [1.82, 2.24) is 4.90 Å². The molecule has 3 atom stereocenters. The lowest BCUT2D eigenvalue weighted by atomic mass is 10.2.